The van der Waals surface area contributed by atoms with E-state index in [0.29, 0.717) is 31.6 Å². The van der Waals surface area contributed by atoms with Gasteiger partial charge in [0.2, 0.25) is 11.8 Å². The maximum absolute atomic E-state index is 11.7. The molecule has 0 spiro atoms. The van der Waals surface area contributed by atoms with Crippen molar-refractivity contribution >= 4 is 23.6 Å². The smallest absolute Gasteiger partial charge is 0.246 e. The van der Waals surface area contributed by atoms with Gasteiger partial charge in [0.25, 0.3) is 0 Å². The lowest BCUT2D eigenvalue weighted by Crippen LogP contribution is -2.39. The van der Waals surface area contributed by atoms with Crippen LogP contribution in [0.4, 0.5) is 5.69 Å². The zero-order valence-electron chi connectivity index (χ0n) is 11.8. The highest BCUT2D eigenvalue weighted by Gasteiger charge is 2.24. The minimum absolute atomic E-state index is 0.212. The lowest BCUT2D eigenvalue weighted by atomic mass is 10.1. The van der Waals surface area contributed by atoms with Crippen molar-refractivity contribution < 1.29 is 9.59 Å². The Balaban J connectivity index is 1.77. The van der Waals surface area contributed by atoms with Crippen molar-refractivity contribution in [1.29, 1.82) is 0 Å². The number of carbonyl (C=O) groups is 2. The van der Waals surface area contributed by atoms with E-state index in [4.69, 9.17) is 5.73 Å². The average molecular weight is 286 g/mol. The summed E-state index contributed by atoms with van der Waals surface area (Å²) < 4.78 is 0. The molecule has 0 saturated carbocycles. The Hall–Kier alpha value is -2.37. The number of fused-ring (bicyclic) bond motifs is 1. The van der Waals surface area contributed by atoms with Crippen LogP contribution >= 0.6 is 0 Å². The van der Waals surface area contributed by atoms with Crippen LogP contribution in [0.5, 0.6) is 0 Å². The van der Waals surface area contributed by atoms with Crippen molar-refractivity contribution in [3.63, 3.8) is 0 Å². The predicted molar refractivity (Wildman–Crippen MR) is 79.4 cm³/mol. The van der Waals surface area contributed by atoms with Gasteiger partial charge in [0.15, 0.2) is 0 Å². The minimum Gasteiger partial charge on any atom is -0.366 e. The van der Waals surface area contributed by atoms with E-state index >= 15 is 0 Å². The van der Waals surface area contributed by atoms with Crippen LogP contribution in [-0.4, -0.2) is 47.9 Å². The minimum atomic E-state index is -0.423. The van der Waals surface area contributed by atoms with Gasteiger partial charge in [-0.25, -0.2) is 0 Å². The molecule has 2 amide bonds. The second-order valence-electron chi connectivity index (χ2n) is 5.35. The van der Waals surface area contributed by atoms with Crippen molar-refractivity contribution in [3.8, 4) is 0 Å². The van der Waals surface area contributed by atoms with Gasteiger partial charge in [-0.15, -0.1) is 0 Å². The third kappa shape index (κ3) is 2.74. The topological polar surface area (TPSA) is 79.5 Å². The second-order valence-corrected chi connectivity index (χ2v) is 5.35. The van der Waals surface area contributed by atoms with Crippen LogP contribution in [0.2, 0.25) is 0 Å². The highest BCUT2D eigenvalue weighted by molar-refractivity contribution is 5.99. The Morgan fingerprint density at radius 1 is 1.33 bits per heavy atom. The van der Waals surface area contributed by atoms with E-state index in [2.05, 4.69) is 9.88 Å². The number of rotatable bonds is 4. The van der Waals surface area contributed by atoms with Crippen LogP contribution in [0.1, 0.15) is 18.5 Å². The molecule has 1 fully saturated rings. The number of anilines is 1. The molecule has 1 aromatic heterocycles. The van der Waals surface area contributed by atoms with Gasteiger partial charge in [0, 0.05) is 44.4 Å². The Bertz CT molecular complexity index is 611. The van der Waals surface area contributed by atoms with Gasteiger partial charge in [0.05, 0.1) is 11.4 Å². The van der Waals surface area contributed by atoms with Gasteiger partial charge in [-0.2, -0.15) is 0 Å². The van der Waals surface area contributed by atoms with Crippen molar-refractivity contribution in [1.82, 2.24) is 9.88 Å². The summed E-state index contributed by atoms with van der Waals surface area (Å²) in [6.45, 7) is 2.63. The maximum atomic E-state index is 11.7. The highest BCUT2D eigenvalue weighted by atomic mass is 16.2. The first-order chi connectivity index (χ1) is 10.1. The van der Waals surface area contributed by atoms with Crippen LogP contribution < -0.4 is 10.6 Å². The lowest BCUT2D eigenvalue weighted by Gasteiger charge is -2.31. The first-order valence-corrected chi connectivity index (χ1v) is 7.13. The van der Waals surface area contributed by atoms with Gasteiger partial charge in [-0.3, -0.25) is 14.6 Å². The highest BCUT2D eigenvalue weighted by Crippen LogP contribution is 2.26. The molecular formula is C15H18N4O2. The Morgan fingerprint density at radius 2 is 2.14 bits per heavy atom. The summed E-state index contributed by atoms with van der Waals surface area (Å²) in [5, 5.41) is 0. The van der Waals surface area contributed by atoms with E-state index in [0.717, 1.165) is 24.3 Å². The molecule has 0 aromatic carbocycles. The number of likely N-dealkylation sites (tertiary alicyclic amines) is 1. The number of hydrogen-bond acceptors (Lipinski definition) is 4. The van der Waals surface area contributed by atoms with Crippen LogP contribution in [-0.2, 0) is 9.59 Å². The molecule has 3 heterocycles. The van der Waals surface area contributed by atoms with Crippen LogP contribution in [0.15, 0.2) is 23.9 Å². The van der Waals surface area contributed by atoms with E-state index in [9.17, 15) is 9.59 Å². The zero-order chi connectivity index (χ0) is 14.8. The number of aromatic nitrogens is 1. The van der Waals surface area contributed by atoms with Gasteiger partial charge < -0.3 is 15.5 Å². The summed E-state index contributed by atoms with van der Waals surface area (Å²) in [5.41, 5.74) is 7.69. The lowest BCUT2D eigenvalue weighted by molar-refractivity contribution is -0.127. The van der Waals surface area contributed by atoms with Crippen LogP contribution in [0.3, 0.4) is 0 Å². The summed E-state index contributed by atoms with van der Waals surface area (Å²) in [5.74, 6) is -0.211. The third-order valence-corrected chi connectivity index (χ3v) is 3.96. The Labute approximate surface area is 123 Å². The van der Waals surface area contributed by atoms with E-state index in [1.807, 2.05) is 17.0 Å². The molecular weight excluding hydrogens is 268 g/mol. The molecule has 1 saturated heterocycles. The number of nitrogens with zero attached hydrogens (tertiary/aromatic N) is 3. The first kappa shape index (κ1) is 13.6. The molecule has 2 aliphatic heterocycles. The monoisotopic (exact) mass is 286 g/mol. The van der Waals surface area contributed by atoms with E-state index in [1.54, 1.807) is 12.3 Å². The average Bonchev–Trinajstić information content (AvgIpc) is 2.89. The van der Waals surface area contributed by atoms with E-state index in [-0.39, 0.29) is 5.91 Å². The fraction of sp³-hybridized carbons (Fsp3) is 0.400. The summed E-state index contributed by atoms with van der Waals surface area (Å²) >= 11 is 0. The number of amides is 2. The van der Waals surface area contributed by atoms with Crippen molar-refractivity contribution in [3.05, 3.63) is 29.6 Å². The molecule has 6 nitrogen and oxygen atoms in total. The molecule has 6 heteroatoms. The summed E-state index contributed by atoms with van der Waals surface area (Å²) in [4.78, 5) is 31.4. The molecule has 1 aromatic rings. The first-order valence-electron chi connectivity index (χ1n) is 7.13. The summed E-state index contributed by atoms with van der Waals surface area (Å²) in [6.07, 6.45) is 5.02. The molecule has 0 bridgehead atoms. The molecule has 0 aliphatic carbocycles. The van der Waals surface area contributed by atoms with Crippen LogP contribution in [0.25, 0.3) is 6.08 Å². The maximum Gasteiger partial charge on any atom is 0.246 e. The van der Waals surface area contributed by atoms with Crippen molar-refractivity contribution in [2.24, 2.45) is 5.73 Å². The number of hydrogen-bond donors (Lipinski definition) is 1. The number of nitrogens with two attached hydrogens (primary N) is 1. The molecule has 0 radical (unpaired) electrons. The zero-order valence-corrected chi connectivity index (χ0v) is 11.8. The predicted octanol–water partition coefficient (Wildman–Crippen LogP) is 0.393. The van der Waals surface area contributed by atoms with Gasteiger partial charge in [-0.05, 0) is 24.6 Å². The molecule has 0 atom stereocenters. The van der Waals surface area contributed by atoms with Gasteiger partial charge in [-0.1, -0.05) is 0 Å². The largest absolute Gasteiger partial charge is 0.366 e. The SMILES string of the molecule is NC(=O)C1=Cc2ncccc2N(CCN2CCCC2=O)C1. The Kier molecular flexibility index (Phi) is 3.60. The molecule has 21 heavy (non-hydrogen) atoms. The Morgan fingerprint density at radius 3 is 2.86 bits per heavy atom. The van der Waals surface area contributed by atoms with Gasteiger partial charge >= 0.3 is 0 Å². The number of pyridine rings is 1. The second kappa shape index (κ2) is 5.55. The van der Waals surface area contributed by atoms with Gasteiger partial charge in [0.1, 0.15) is 0 Å². The fourth-order valence-electron chi connectivity index (χ4n) is 2.82. The summed E-state index contributed by atoms with van der Waals surface area (Å²) in [6, 6.07) is 3.85. The number of primary amides is 1. The molecule has 2 N–H and O–H groups in total. The van der Waals surface area contributed by atoms with Crippen molar-refractivity contribution in [2.75, 3.05) is 31.1 Å². The standard InChI is InChI=1S/C15H18N4O2/c16-15(21)11-9-12-13(3-1-5-17-12)19(10-11)8-7-18-6-2-4-14(18)20/h1,3,5,9H,2,4,6-8,10H2,(H2,16,21). The summed E-state index contributed by atoms with van der Waals surface area (Å²) in [7, 11) is 0. The molecule has 3 rings (SSSR count). The van der Waals surface area contributed by atoms with E-state index < -0.39 is 5.91 Å². The van der Waals surface area contributed by atoms with Crippen molar-refractivity contribution in [2.45, 2.75) is 12.8 Å². The molecule has 2 aliphatic rings. The quantitative estimate of drug-likeness (QED) is 0.868. The molecule has 0 unspecified atom stereocenters. The normalized spacial score (nSPS) is 17.7. The van der Waals surface area contributed by atoms with Crippen LogP contribution in [0, 0.1) is 0 Å². The number of carbonyl (C=O) groups excluding carboxylic acids is 2. The fourth-order valence-corrected chi connectivity index (χ4v) is 2.82. The van der Waals surface area contributed by atoms with E-state index in [1.165, 1.54) is 0 Å². The molecule has 110 valence electrons. The third-order valence-electron chi connectivity index (χ3n) is 3.96.